The molecule has 5 nitrogen and oxygen atoms in total. The predicted octanol–water partition coefficient (Wildman–Crippen LogP) is 2.26. The minimum Gasteiger partial charge on any atom is -0.298 e. The number of halogens is 1. The first-order valence-corrected chi connectivity index (χ1v) is 6.78. The average Bonchev–Trinajstić information content (AvgIpc) is 2.80. The molecule has 0 fully saturated rings. The van der Waals surface area contributed by atoms with E-state index in [1.165, 1.54) is 11.3 Å². The molecule has 0 radical (unpaired) electrons. The van der Waals surface area contributed by atoms with Crippen LogP contribution in [0.2, 0.25) is 4.47 Å². The second-order valence-corrected chi connectivity index (χ2v) is 5.67. The number of hydrogen-bond donors (Lipinski definition) is 0. The molecule has 0 saturated carbocycles. The van der Waals surface area contributed by atoms with Crippen molar-refractivity contribution in [3.05, 3.63) is 49.8 Å². The second kappa shape index (κ2) is 4.71. The first kappa shape index (κ1) is 12.3. The van der Waals surface area contributed by atoms with Gasteiger partial charge in [0.25, 0.3) is 5.56 Å². The van der Waals surface area contributed by atoms with E-state index in [1.807, 2.05) is 24.3 Å². The molecule has 7 heteroatoms. The van der Waals surface area contributed by atoms with Gasteiger partial charge in [0.1, 0.15) is 10.7 Å². The third-order valence-electron chi connectivity index (χ3n) is 2.75. The van der Waals surface area contributed by atoms with E-state index in [9.17, 15) is 4.79 Å². The van der Waals surface area contributed by atoms with Gasteiger partial charge in [0.15, 0.2) is 0 Å². The summed E-state index contributed by atoms with van der Waals surface area (Å²) in [6.07, 6.45) is 0. The van der Waals surface area contributed by atoms with Crippen molar-refractivity contribution in [2.75, 3.05) is 0 Å². The standard InChI is InChI=1S/C12H9ClN4OS/c1-7-11(18)17(6-10-15-16-12(13)19-10)9-5-3-2-4-8(9)14-7/h2-5H,6H2,1H3. The number of hydrogen-bond acceptors (Lipinski definition) is 5. The molecule has 2 aromatic heterocycles. The van der Waals surface area contributed by atoms with E-state index in [1.54, 1.807) is 11.5 Å². The molecular weight excluding hydrogens is 284 g/mol. The Morgan fingerprint density at radius 2 is 2.11 bits per heavy atom. The summed E-state index contributed by atoms with van der Waals surface area (Å²) in [6.45, 7) is 2.06. The van der Waals surface area contributed by atoms with E-state index in [4.69, 9.17) is 11.6 Å². The maximum Gasteiger partial charge on any atom is 0.272 e. The molecule has 19 heavy (non-hydrogen) atoms. The molecule has 0 N–H and O–H groups in total. The number of para-hydroxylation sites is 2. The van der Waals surface area contributed by atoms with Crippen molar-refractivity contribution in [1.29, 1.82) is 0 Å². The van der Waals surface area contributed by atoms with Gasteiger partial charge in [-0.05, 0) is 30.7 Å². The fourth-order valence-electron chi connectivity index (χ4n) is 1.91. The van der Waals surface area contributed by atoms with Crippen molar-refractivity contribution in [3.8, 4) is 0 Å². The highest BCUT2D eigenvalue weighted by Gasteiger charge is 2.10. The molecule has 0 bridgehead atoms. The van der Waals surface area contributed by atoms with Crippen LogP contribution in [-0.2, 0) is 6.54 Å². The van der Waals surface area contributed by atoms with Crippen LogP contribution in [0.25, 0.3) is 11.0 Å². The molecule has 0 aliphatic rings. The van der Waals surface area contributed by atoms with Crippen molar-refractivity contribution in [3.63, 3.8) is 0 Å². The number of aryl methyl sites for hydroxylation is 1. The number of fused-ring (bicyclic) bond motifs is 1. The highest BCUT2D eigenvalue weighted by molar-refractivity contribution is 7.15. The normalized spacial score (nSPS) is 11.1. The van der Waals surface area contributed by atoms with Crippen LogP contribution in [0, 0.1) is 6.92 Å². The smallest absolute Gasteiger partial charge is 0.272 e. The van der Waals surface area contributed by atoms with Crippen LogP contribution in [-0.4, -0.2) is 19.7 Å². The van der Waals surface area contributed by atoms with Gasteiger partial charge in [-0.15, -0.1) is 10.2 Å². The molecule has 0 unspecified atom stereocenters. The lowest BCUT2D eigenvalue weighted by Gasteiger charge is -2.08. The predicted molar refractivity (Wildman–Crippen MR) is 74.8 cm³/mol. The summed E-state index contributed by atoms with van der Waals surface area (Å²) in [7, 11) is 0. The molecule has 0 aliphatic heterocycles. The zero-order valence-electron chi connectivity index (χ0n) is 10.00. The molecule has 0 amide bonds. The molecule has 3 rings (SSSR count). The maximum absolute atomic E-state index is 12.2. The van der Waals surface area contributed by atoms with Gasteiger partial charge >= 0.3 is 0 Å². The molecule has 0 atom stereocenters. The van der Waals surface area contributed by atoms with Crippen molar-refractivity contribution < 1.29 is 0 Å². The molecule has 0 saturated heterocycles. The van der Waals surface area contributed by atoms with Crippen molar-refractivity contribution in [1.82, 2.24) is 19.7 Å². The second-order valence-electron chi connectivity index (χ2n) is 4.03. The lowest BCUT2D eigenvalue weighted by Crippen LogP contribution is -2.24. The lowest BCUT2D eigenvalue weighted by molar-refractivity contribution is 0.760. The molecule has 96 valence electrons. The number of rotatable bonds is 2. The SMILES string of the molecule is Cc1nc2ccccc2n(Cc2nnc(Cl)s2)c1=O. The van der Waals surface area contributed by atoms with Gasteiger partial charge in [-0.2, -0.15) is 0 Å². The molecule has 1 aromatic carbocycles. The van der Waals surface area contributed by atoms with E-state index in [0.29, 0.717) is 21.7 Å². The van der Waals surface area contributed by atoms with Crippen LogP contribution in [0.3, 0.4) is 0 Å². The van der Waals surface area contributed by atoms with Gasteiger partial charge in [0.05, 0.1) is 17.6 Å². The summed E-state index contributed by atoms with van der Waals surface area (Å²) in [5, 5.41) is 8.39. The lowest BCUT2D eigenvalue weighted by atomic mass is 10.3. The fraction of sp³-hybridized carbons (Fsp3) is 0.167. The maximum atomic E-state index is 12.2. The van der Waals surface area contributed by atoms with Gasteiger partial charge in [-0.1, -0.05) is 23.5 Å². The van der Waals surface area contributed by atoms with Crippen molar-refractivity contribution in [2.24, 2.45) is 0 Å². The van der Waals surface area contributed by atoms with Gasteiger partial charge in [0.2, 0.25) is 4.47 Å². The third-order valence-corrected chi connectivity index (χ3v) is 3.75. The molecule has 2 heterocycles. The first-order valence-electron chi connectivity index (χ1n) is 5.59. The minimum absolute atomic E-state index is 0.120. The minimum atomic E-state index is -0.120. The average molecular weight is 293 g/mol. The monoisotopic (exact) mass is 292 g/mol. The Bertz CT molecular complexity index is 811. The van der Waals surface area contributed by atoms with E-state index in [2.05, 4.69) is 15.2 Å². The Morgan fingerprint density at radius 3 is 2.84 bits per heavy atom. The van der Waals surface area contributed by atoms with E-state index < -0.39 is 0 Å². The quantitative estimate of drug-likeness (QED) is 0.727. The zero-order chi connectivity index (χ0) is 13.4. The van der Waals surface area contributed by atoms with Crippen molar-refractivity contribution in [2.45, 2.75) is 13.5 Å². The highest BCUT2D eigenvalue weighted by atomic mass is 35.5. The topological polar surface area (TPSA) is 60.7 Å². The summed E-state index contributed by atoms with van der Waals surface area (Å²) in [4.78, 5) is 16.5. The van der Waals surface area contributed by atoms with Gasteiger partial charge in [0, 0.05) is 0 Å². The Balaban J connectivity index is 2.21. The summed E-state index contributed by atoms with van der Waals surface area (Å²) >= 11 is 7.03. The van der Waals surface area contributed by atoms with E-state index in [-0.39, 0.29) is 5.56 Å². The summed E-state index contributed by atoms with van der Waals surface area (Å²) in [6, 6.07) is 7.52. The highest BCUT2D eigenvalue weighted by Crippen LogP contribution is 2.17. The van der Waals surface area contributed by atoms with Crippen molar-refractivity contribution >= 4 is 34.0 Å². The summed E-state index contributed by atoms with van der Waals surface area (Å²) in [5.74, 6) is 0. The Kier molecular flexibility index (Phi) is 3.04. The van der Waals surface area contributed by atoms with E-state index >= 15 is 0 Å². The van der Waals surface area contributed by atoms with Gasteiger partial charge in [-0.3, -0.25) is 9.36 Å². The fourth-order valence-corrected chi connectivity index (χ4v) is 2.77. The van der Waals surface area contributed by atoms with Crippen LogP contribution in [0.1, 0.15) is 10.7 Å². The number of nitrogens with zero attached hydrogens (tertiary/aromatic N) is 4. The molecule has 3 aromatic rings. The largest absolute Gasteiger partial charge is 0.298 e. The molecular formula is C12H9ClN4OS. The number of benzene rings is 1. The summed E-state index contributed by atoms with van der Waals surface area (Å²) in [5.41, 5.74) is 1.92. The first-order chi connectivity index (χ1) is 9.15. The molecule has 0 spiro atoms. The third kappa shape index (κ3) is 2.24. The van der Waals surface area contributed by atoms with Crippen LogP contribution in [0.5, 0.6) is 0 Å². The van der Waals surface area contributed by atoms with Gasteiger partial charge in [-0.25, -0.2) is 4.98 Å². The van der Waals surface area contributed by atoms with Gasteiger partial charge < -0.3 is 0 Å². The van der Waals surface area contributed by atoms with E-state index in [0.717, 1.165) is 11.0 Å². The molecule has 0 aliphatic carbocycles. The van der Waals surface area contributed by atoms with Crippen LogP contribution < -0.4 is 5.56 Å². The van der Waals surface area contributed by atoms with Crippen LogP contribution in [0.4, 0.5) is 0 Å². The Hall–Kier alpha value is -1.79. The van der Waals surface area contributed by atoms with Crippen LogP contribution in [0.15, 0.2) is 29.1 Å². The Morgan fingerprint density at radius 1 is 1.32 bits per heavy atom. The zero-order valence-corrected chi connectivity index (χ0v) is 11.6. The van der Waals surface area contributed by atoms with Crippen LogP contribution >= 0.6 is 22.9 Å². The number of aromatic nitrogens is 4. The summed E-state index contributed by atoms with van der Waals surface area (Å²) < 4.78 is 2.02. The Labute approximate surface area is 117 Å².